The number of carbonyl (C=O) groups is 4. The summed E-state index contributed by atoms with van der Waals surface area (Å²) < 4.78 is 0. The van der Waals surface area contributed by atoms with Crippen molar-refractivity contribution in [1.82, 2.24) is 15.5 Å². The molecule has 1 rings (SSSR count). The first kappa shape index (κ1) is 28.6. The smallest absolute Gasteiger partial charge is 0.326 e. The summed E-state index contributed by atoms with van der Waals surface area (Å²) >= 11 is 3.10. The molecule has 5 N–H and O–H groups in total. The Hall–Kier alpha value is -1.46. The van der Waals surface area contributed by atoms with Crippen LogP contribution in [-0.4, -0.2) is 88.4 Å². The van der Waals surface area contributed by atoms with E-state index in [0.29, 0.717) is 44.4 Å². The van der Waals surface area contributed by atoms with Crippen LogP contribution in [0.2, 0.25) is 0 Å². The van der Waals surface area contributed by atoms with Gasteiger partial charge < -0.3 is 26.4 Å². The summed E-state index contributed by atoms with van der Waals surface area (Å²) in [5.41, 5.74) is 5.97. The highest BCUT2D eigenvalue weighted by molar-refractivity contribution is 7.98. The molecular formula is C21H38N4O5S2. The number of hydrogen-bond donors (Lipinski definition) is 4. The summed E-state index contributed by atoms with van der Waals surface area (Å²) in [5.74, 6) is -1.05. The summed E-state index contributed by atoms with van der Waals surface area (Å²) in [4.78, 5) is 51.8. The van der Waals surface area contributed by atoms with Gasteiger partial charge in [0.2, 0.25) is 17.7 Å². The number of nitrogens with two attached hydrogens (primary N) is 1. The third-order valence-corrected chi connectivity index (χ3v) is 7.10. The molecule has 0 spiro atoms. The van der Waals surface area contributed by atoms with Crippen LogP contribution in [0.5, 0.6) is 0 Å². The van der Waals surface area contributed by atoms with Crippen LogP contribution in [0.15, 0.2) is 0 Å². The Bertz CT molecular complexity index is 652. The zero-order chi connectivity index (χ0) is 24.3. The molecule has 0 aromatic heterocycles. The minimum Gasteiger partial charge on any atom is -0.480 e. The molecule has 0 radical (unpaired) electrons. The van der Waals surface area contributed by atoms with E-state index >= 15 is 0 Å². The molecule has 0 saturated carbocycles. The average Bonchev–Trinajstić information content (AvgIpc) is 3.27. The third kappa shape index (κ3) is 8.47. The van der Waals surface area contributed by atoms with Crippen LogP contribution in [0.4, 0.5) is 0 Å². The molecule has 0 aromatic carbocycles. The standard InChI is InChI=1S/C21H38N4O5S2/c1-5-13(2)17(24-18(26)14(22)8-11-31-3)20(28)25-10-6-7-16(25)19(27)23-15(21(29)30)9-12-32-4/h13-17H,5-12,22H2,1-4H3,(H,23,27)(H,24,26)(H,29,30). The van der Waals surface area contributed by atoms with Crippen LogP contribution in [0.1, 0.15) is 46.0 Å². The maximum Gasteiger partial charge on any atom is 0.326 e. The Labute approximate surface area is 199 Å². The van der Waals surface area contributed by atoms with Crippen molar-refractivity contribution in [2.24, 2.45) is 11.7 Å². The summed E-state index contributed by atoms with van der Waals surface area (Å²) in [6.45, 7) is 4.20. The maximum atomic E-state index is 13.4. The van der Waals surface area contributed by atoms with Crippen molar-refractivity contribution in [1.29, 1.82) is 0 Å². The lowest BCUT2D eigenvalue weighted by molar-refractivity contribution is -0.145. The molecule has 5 atom stereocenters. The van der Waals surface area contributed by atoms with E-state index < -0.39 is 36.0 Å². The molecule has 5 unspecified atom stereocenters. The predicted molar refractivity (Wildman–Crippen MR) is 130 cm³/mol. The number of carboxylic acid groups (broad SMARTS) is 1. The van der Waals surface area contributed by atoms with E-state index in [2.05, 4.69) is 10.6 Å². The number of nitrogens with zero attached hydrogens (tertiary/aromatic N) is 1. The van der Waals surface area contributed by atoms with Crippen molar-refractivity contribution in [3.8, 4) is 0 Å². The summed E-state index contributed by atoms with van der Waals surface area (Å²) in [7, 11) is 0. The van der Waals surface area contributed by atoms with Gasteiger partial charge in [0.05, 0.1) is 6.04 Å². The fraction of sp³-hybridized carbons (Fsp3) is 0.810. The number of hydrogen-bond acceptors (Lipinski definition) is 7. The number of amides is 3. The summed E-state index contributed by atoms with van der Waals surface area (Å²) in [5, 5.41) is 14.8. The van der Waals surface area contributed by atoms with Crippen LogP contribution < -0.4 is 16.4 Å². The van der Waals surface area contributed by atoms with Crippen molar-refractivity contribution in [3.05, 3.63) is 0 Å². The zero-order valence-corrected chi connectivity index (χ0v) is 21.1. The van der Waals surface area contributed by atoms with E-state index in [1.807, 2.05) is 26.4 Å². The van der Waals surface area contributed by atoms with Gasteiger partial charge in [-0.2, -0.15) is 23.5 Å². The molecule has 1 aliphatic rings. The third-order valence-electron chi connectivity index (χ3n) is 5.81. The van der Waals surface area contributed by atoms with Gasteiger partial charge in [-0.1, -0.05) is 20.3 Å². The van der Waals surface area contributed by atoms with Gasteiger partial charge in [-0.05, 0) is 55.6 Å². The number of carboxylic acids is 1. The van der Waals surface area contributed by atoms with Gasteiger partial charge in [0.25, 0.3) is 0 Å². The molecule has 184 valence electrons. The van der Waals surface area contributed by atoms with Crippen LogP contribution in [0.25, 0.3) is 0 Å². The van der Waals surface area contributed by atoms with Gasteiger partial charge in [-0.15, -0.1) is 0 Å². The van der Waals surface area contributed by atoms with E-state index in [9.17, 15) is 24.3 Å². The lowest BCUT2D eigenvalue weighted by Gasteiger charge is -2.32. The number of nitrogens with one attached hydrogen (secondary N) is 2. The SMILES string of the molecule is CCC(C)C(NC(=O)C(N)CCSC)C(=O)N1CCCC1C(=O)NC(CCSC)C(=O)O. The van der Waals surface area contributed by atoms with E-state index in [-0.39, 0.29) is 17.7 Å². The number of carbonyl (C=O) groups excluding carboxylic acids is 3. The van der Waals surface area contributed by atoms with Gasteiger partial charge in [-0.3, -0.25) is 14.4 Å². The quantitative estimate of drug-likeness (QED) is 0.281. The first-order chi connectivity index (χ1) is 15.2. The van der Waals surface area contributed by atoms with Crippen LogP contribution >= 0.6 is 23.5 Å². The highest BCUT2D eigenvalue weighted by atomic mass is 32.2. The fourth-order valence-electron chi connectivity index (χ4n) is 3.56. The molecule has 0 aromatic rings. The van der Waals surface area contributed by atoms with Gasteiger partial charge in [-0.25, -0.2) is 4.79 Å². The number of rotatable bonds is 14. The van der Waals surface area contributed by atoms with Crippen LogP contribution in [-0.2, 0) is 19.2 Å². The molecule has 3 amide bonds. The molecule has 0 bridgehead atoms. The minimum atomic E-state index is -1.09. The molecule has 11 heteroatoms. The van der Waals surface area contributed by atoms with Crippen molar-refractivity contribution in [3.63, 3.8) is 0 Å². The minimum absolute atomic E-state index is 0.142. The second kappa shape index (κ2) is 14.6. The van der Waals surface area contributed by atoms with Crippen molar-refractivity contribution >= 4 is 47.2 Å². The van der Waals surface area contributed by atoms with Crippen LogP contribution in [0, 0.1) is 5.92 Å². The number of thioether (sulfide) groups is 2. The molecule has 32 heavy (non-hydrogen) atoms. The molecule has 0 aliphatic carbocycles. The summed E-state index contributed by atoms with van der Waals surface area (Å²) in [6.07, 6.45) is 6.39. The van der Waals surface area contributed by atoms with Gasteiger partial charge in [0.15, 0.2) is 0 Å². The Balaban J connectivity index is 2.92. The highest BCUT2D eigenvalue weighted by Gasteiger charge is 2.40. The Morgan fingerprint density at radius 1 is 1.12 bits per heavy atom. The van der Waals surface area contributed by atoms with Crippen molar-refractivity contribution in [2.75, 3.05) is 30.6 Å². The largest absolute Gasteiger partial charge is 0.480 e. The van der Waals surface area contributed by atoms with E-state index in [1.165, 1.54) is 16.7 Å². The Kier molecular flexibility index (Phi) is 13.1. The molecule has 1 heterocycles. The normalized spacial score (nSPS) is 19.7. The topological polar surface area (TPSA) is 142 Å². The zero-order valence-electron chi connectivity index (χ0n) is 19.5. The summed E-state index contributed by atoms with van der Waals surface area (Å²) in [6, 6.07) is -3.22. The van der Waals surface area contributed by atoms with E-state index in [1.54, 1.807) is 11.8 Å². The van der Waals surface area contributed by atoms with Gasteiger partial charge in [0.1, 0.15) is 18.1 Å². The van der Waals surface area contributed by atoms with Crippen LogP contribution in [0.3, 0.4) is 0 Å². The predicted octanol–water partition coefficient (Wildman–Crippen LogP) is 0.911. The lowest BCUT2D eigenvalue weighted by atomic mass is 9.96. The highest BCUT2D eigenvalue weighted by Crippen LogP contribution is 2.22. The second-order valence-electron chi connectivity index (χ2n) is 8.13. The fourth-order valence-corrected chi connectivity index (χ4v) is 4.52. The van der Waals surface area contributed by atoms with Crippen molar-refractivity contribution in [2.45, 2.75) is 70.1 Å². The molecular weight excluding hydrogens is 452 g/mol. The monoisotopic (exact) mass is 490 g/mol. The maximum absolute atomic E-state index is 13.4. The van der Waals surface area contributed by atoms with E-state index in [0.717, 1.165) is 5.75 Å². The number of likely N-dealkylation sites (tertiary alicyclic amines) is 1. The van der Waals surface area contributed by atoms with Crippen molar-refractivity contribution < 1.29 is 24.3 Å². The second-order valence-corrected chi connectivity index (χ2v) is 10.1. The first-order valence-electron chi connectivity index (χ1n) is 11.0. The first-order valence-corrected chi connectivity index (χ1v) is 13.8. The Morgan fingerprint density at radius 2 is 1.75 bits per heavy atom. The van der Waals surface area contributed by atoms with E-state index in [4.69, 9.17) is 5.73 Å². The molecule has 1 aliphatic heterocycles. The number of aliphatic carboxylic acids is 1. The lowest BCUT2D eigenvalue weighted by Crippen LogP contribution is -2.58. The molecule has 9 nitrogen and oxygen atoms in total. The average molecular weight is 491 g/mol. The molecule has 1 fully saturated rings. The Morgan fingerprint density at radius 3 is 2.31 bits per heavy atom. The van der Waals surface area contributed by atoms with Gasteiger partial charge >= 0.3 is 5.97 Å². The van der Waals surface area contributed by atoms with Gasteiger partial charge in [0, 0.05) is 6.54 Å². The molecule has 1 saturated heterocycles.